The van der Waals surface area contributed by atoms with E-state index in [1.54, 1.807) is 24.3 Å². The fourth-order valence-corrected chi connectivity index (χ4v) is 2.76. The monoisotopic (exact) mass is 322 g/mol. The fraction of sp³-hybridized carbons (Fsp3) is 0.286. The van der Waals surface area contributed by atoms with Gasteiger partial charge in [0.15, 0.2) is 0 Å². The molecule has 1 aliphatic rings. The Morgan fingerprint density at radius 3 is 2.32 bits per heavy atom. The molecule has 22 heavy (non-hydrogen) atoms. The summed E-state index contributed by atoms with van der Waals surface area (Å²) in [5, 5.41) is 18.7. The molecule has 1 aromatic rings. The maximum Gasteiger partial charge on any atom is 0.414 e. The number of hydrogen-bond acceptors (Lipinski definition) is 4. The fourth-order valence-electron chi connectivity index (χ4n) is 2.43. The molecule has 1 aromatic carbocycles. The van der Waals surface area contributed by atoms with Gasteiger partial charge in [0.05, 0.1) is 13.2 Å². The predicted octanol–water partition coefficient (Wildman–Crippen LogP) is 2.18. The summed E-state index contributed by atoms with van der Waals surface area (Å²) in [6.45, 7) is 1.53. The Balaban J connectivity index is 2.57. The minimum atomic E-state index is -1.34. The molecule has 1 amide bonds. The Kier molecular flexibility index (Phi) is 4.41. The van der Waals surface area contributed by atoms with Crippen LogP contribution in [0.3, 0.4) is 0 Å². The van der Waals surface area contributed by atoms with Gasteiger partial charge in [0, 0.05) is 5.71 Å². The van der Waals surface area contributed by atoms with Gasteiger partial charge in [-0.15, -0.1) is 0 Å². The van der Waals surface area contributed by atoms with Crippen molar-refractivity contribution in [3.8, 4) is 5.75 Å². The minimum absolute atomic E-state index is 0.164. The third kappa shape index (κ3) is 2.77. The predicted molar refractivity (Wildman–Crippen MR) is 82.4 cm³/mol. The van der Waals surface area contributed by atoms with Crippen LogP contribution < -0.4 is 4.74 Å². The van der Waals surface area contributed by atoms with E-state index in [0.29, 0.717) is 11.3 Å². The van der Waals surface area contributed by atoms with Crippen LogP contribution in [0.15, 0.2) is 29.3 Å². The molecule has 8 heteroatoms. The summed E-state index contributed by atoms with van der Waals surface area (Å²) in [4.78, 5) is 27.8. The molecular weight excluding hydrogens is 308 g/mol. The molecule has 0 fully saturated rings. The maximum atomic E-state index is 11.6. The molecule has 0 saturated carbocycles. The summed E-state index contributed by atoms with van der Waals surface area (Å²) in [7, 11) is 1.51. The quantitative estimate of drug-likeness (QED) is 0.827. The minimum Gasteiger partial charge on any atom is -0.497 e. The van der Waals surface area contributed by atoms with Crippen LogP contribution in [0.1, 0.15) is 18.5 Å². The number of aliphatic imine (C=N–C) groups is 1. The molecule has 0 saturated heterocycles. The summed E-state index contributed by atoms with van der Waals surface area (Å²) in [6, 6.07) is 5.55. The highest BCUT2D eigenvalue weighted by atomic mass is 32.1. The molecule has 0 aliphatic carbocycles. The second-order valence-corrected chi connectivity index (χ2v) is 5.09. The summed E-state index contributed by atoms with van der Waals surface area (Å²) >= 11 is 4.99. The van der Waals surface area contributed by atoms with Gasteiger partial charge >= 0.3 is 12.1 Å². The van der Waals surface area contributed by atoms with Gasteiger partial charge in [0.25, 0.3) is 0 Å². The highest BCUT2D eigenvalue weighted by molar-refractivity contribution is 7.80. The number of carboxylic acid groups (broad SMARTS) is 2. The van der Waals surface area contributed by atoms with Crippen LogP contribution >= 0.6 is 12.2 Å². The molecule has 0 bridgehead atoms. The molecule has 2 atom stereocenters. The molecule has 2 rings (SSSR count). The summed E-state index contributed by atoms with van der Waals surface area (Å²) in [5.41, 5.74) is 0.781. The van der Waals surface area contributed by atoms with Crippen molar-refractivity contribution in [2.75, 3.05) is 7.11 Å². The Bertz CT molecular complexity index is 656. The standard InChI is InChI=1S/C14H14N2O5S/c1-7-10(12(17)18)11(16(14(19)20)13(22)15-7)8-3-5-9(21-2)6-4-8/h3-6,10-11H,1-2H3,(H,17,18)(H,19,20). The van der Waals surface area contributed by atoms with Crippen molar-refractivity contribution in [2.45, 2.75) is 13.0 Å². The van der Waals surface area contributed by atoms with Crippen molar-refractivity contribution in [1.29, 1.82) is 0 Å². The van der Waals surface area contributed by atoms with Crippen LogP contribution in [-0.2, 0) is 4.79 Å². The van der Waals surface area contributed by atoms with E-state index in [1.165, 1.54) is 14.0 Å². The molecule has 2 unspecified atom stereocenters. The lowest BCUT2D eigenvalue weighted by Gasteiger charge is -2.36. The summed E-state index contributed by atoms with van der Waals surface area (Å²) in [6.07, 6.45) is -1.34. The van der Waals surface area contributed by atoms with Crippen LogP contribution in [0.25, 0.3) is 0 Å². The van der Waals surface area contributed by atoms with Crippen molar-refractivity contribution in [2.24, 2.45) is 10.9 Å². The lowest BCUT2D eigenvalue weighted by atomic mass is 9.87. The number of ether oxygens (including phenoxy) is 1. The molecule has 1 heterocycles. The number of hydrogen-bond donors (Lipinski definition) is 2. The zero-order valence-corrected chi connectivity index (χ0v) is 12.7. The first-order valence-electron chi connectivity index (χ1n) is 6.35. The van der Waals surface area contributed by atoms with Crippen LogP contribution in [0.5, 0.6) is 5.75 Å². The Morgan fingerprint density at radius 2 is 1.86 bits per heavy atom. The van der Waals surface area contributed by atoms with Crippen LogP contribution in [0.4, 0.5) is 4.79 Å². The Morgan fingerprint density at radius 1 is 1.27 bits per heavy atom. The molecular formula is C14H14N2O5S. The van der Waals surface area contributed by atoms with E-state index in [4.69, 9.17) is 17.0 Å². The molecule has 0 radical (unpaired) electrons. The molecule has 0 aromatic heterocycles. The van der Waals surface area contributed by atoms with Gasteiger partial charge in [-0.25, -0.2) is 14.7 Å². The molecule has 7 nitrogen and oxygen atoms in total. The van der Waals surface area contributed by atoms with Gasteiger partial charge in [-0.2, -0.15) is 0 Å². The third-order valence-corrected chi connectivity index (χ3v) is 3.74. The first-order valence-corrected chi connectivity index (χ1v) is 6.75. The average molecular weight is 322 g/mol. The molecule has 1 aliphatic heterocycles. The summed E-state index contributed by atoms with van der Waals surface area (Å²) in [5.74, 6) is -1.67. The van der Waals surface area contributed by atoms with Gasteiger partial charge < -0.3 is 14.9 Å². The largest absolute Gasteiger partial charge is 0.497 e. The third-order valence-electron chi connectivity index (χ3n) is 3.45. The zero-order chi connectivity index (χ0) is 16.4. The van der Waals surface area contributed by atoms with E-state index >= 15 is 0 Å². The van der Waals surface area contributed by atoms with E-state index in [1.807, 2.05) is 0 Å². The van der Waals surface area contributed by atoms with Gasteiger partial charge in [-0.1, -0.05) is 12.1 Å². The molecule has 2 N–H and O–H groups in total. The van der Waals surface area contributed by atoms with E-state index < -0.39 is 24.0 Å². The number of nitrogens with zero attached hydrogens (tertiary/aromatic N) is 2. The first kappa shape index (κ1) is 15.9. The second-order valence-electron chi connectivity index (χ2n) is 4.72. The van der Waals surface area contributed by atoms with Crippen molar-refractivity contribution in [1.82, 2.24) is 4.90 Å². The van der Waals surface area contributed by atoms with Gasteiger partial charge in [-0.05, 0) is 36.8 Å². The Hall–Kier alpha value is -2.48. The Labute approximate surface area is 131 Å². The molecule has 116 valence electrons. The zero-order valence-electron chi connectivity index (χ0n) is 11.9. The highest BCUT2D eigenvalue weighted by Gasteiger charge is 2.43. The molecule has 0 spiro atoms. The van der Waals surface area contributed by atoms with Crippen molar-refractivity contribution < 1.29 is 24.5 Å². The number of rotatable bonds is 3. The average Bonchev–Trinajstić information content (AvgIpc) is 2.45. The smallest absolute Gasteiger partial charge is 0.414 e. The number of amides is 1. The van der Waals surface area contributed by atoms with Crippen molar-refractivity contribution in [3.63, 3.8) is 0 Å². The lowest BCUT2D eigenvalue weighted by molar-refractivity contribution is -0.140. The first-order chi connectivity index (χ1) is 10.4. The summed E-state index contributed by atoms with van der Waals surface area (Å²) < 4.78 is 5.05. The van der Waals surface area contributed by atoms with Crippen LogP contribution in [0, 0.1) is 5.92 Å². The van der Waals surface area contributed by atoms with E-state index in [-0.39, 0.29) is 10.8 Å². The normalized spacial score (nSPS) is 21.3. The van der Waals surface area contributed by atoms with Crippen molar-refractivity contribution in [3.05, 3.63) is 29.8 Å². The van der Waals surface area contributed by atoms with Crippen LogP contribution in [-0.4, -0.2) is 45.1 Å². The van der Waals surface area contributed by atoms with Crippen molar-refractivity contribution >= 4 is 35.1 Å². The number of benzene rings is 1. The van der Waals surface area contributed by atoms with E-state index in [9.17, 15) is 19.8 Å². The number of methoxy groups -OCH3 is 1. The second kappa shape index (κ2) is 6.10. The number of aliphatic carboxylic acids is 1. The lowest BCUT2D eigenvalue weighted by Crippen LogP contribution is -2.48. The van der Waals surface area contributed by atoms with Crippen LogP contribution in [0.2, 0.25) is 0 Å². The number of carbonyl (C=O) groups is 2. The highest BCUT2D eigenvalue weighted by Crippen LogP contribution is 2.35. The van der Waals surface area contributed by atoms with Gasteiger partial charge in [0.2, 0.25) is 5.11 Å². The topological polar surface area (TPSA) is 99.4 Å². The SMILES string of the molecule is COc1ccc(C2C(C(=O)O)C(C)=NC(=S)N2C(=O)O)cc1. The maximum absolute atomic E-state index is 11.6. The van der Waals surface area contributed by atoms with Gasteiger partial charge in [-0.3, -0.25) is 4.79 Å². The van der Waals surface area contributed by atoms with Gasteiger partial charge in [0.1, 0.15) is 11.7 Å². The number of carboxylic acids is 1. The van der Waals surface area contributed by atoms with E-state index in [2.05, 4.69) is 4.99 Å². The van der Waals surface area contributed by atoms with E-state index in [0.717, 1.165) is 4.90 Å². The number of thiocarbonyl (C=S) groups is 1.